The number of carbonyl (C=O) groups excluding carboxylic acids is 2. The molecule has 0 saturated heterocycles. The zero-order chi connectivity index (χ0) is 66.1. The lowest BCUT2D eigenvalue weighted by atomic mass is 10.0. The SMILES string of the molecule is CC/C=C\C/C=C\C/C=C\C/C=C\C/C=C\C/C=C\C/C=C\CCCCCC(=O)OC(COC(=O)CCCCCCCCCCCCCCCCCCCCCCCCCCCCCCCCCCCCCCCCCCC)COC(OCC[N+](C)(C)C)C(=O)O. The summed E-state index contributed by atoms with van der Waals surface area (Å²) in [6.45, 7) is 4.76. The average Bonchev–Trinajstić information content (AvgIpc) is 3.46. The predicted octanol–water partition coefficient (Wildman–Crippen LogP) is 24.6. The van der Waals surface area contributed by atoms with Crippen molar-refractivity contribution in [2.75, 3.05) is 47.5 Å². The van der Waals surface area contributed by atoms with Gasteiger partial charge in [-0.15, -0.1) is 0 Å². The molecule has 2 unspecified atom stereocenters. The van der Waals surface area contributed by atoms with Gasteiger partial charge in [-0.25, -0.2) is 4.79 Å². The molecular weight excluding hydrogens is 1130 g/mol. The monoisotopic (exact) mass is 1280 g/mol. The highest BCUT2D eigenvalue weighted by atomic mass is 16.7. The number of quaternary nitrogens is 1. The Labute approximate surface area is 563 Å². The van der Waals surface area contributed by atoms with Crippen molar-refractivity contribution in [3.05, 3.63) is 85.1 Å². The maximum Gasteiger partial charge on any atom is 0.361 e. The highest BCUT2D eigenvalue weighted by molar-refractivity contribution is 5.71. The lowest BCUT2D eigenvalue weighted by Gasteiger charge is -2.25. The molecular formula is C82H148NO8+. The summed E-state index contributed by atoms with van der Waals surface area (Å²) >= 11 is 0. The summed E-state index contributed by atoms with van der Waals surface area (Å²) in [5.74, 6) is -2.04. The second kappa shape index (κ2) is 72.3. The summed E-state index contributed by atoms with van der Waals surface area (Å²) in [6.07, 6.45) is 96.1. The Kier molecular flexibility index (Phi) is 69.5. The molecule has 1 N–H and O–H groups in total. The van der Waals surface area contributed by atoms with Crippen LogP contribution in [0.1, 0.15) is 361 Å². The maximum atomic E-state index is 12.9. The van der Waals surface area contributed by atoms with Gasteiger partial charge in [0, 0.05) is 12.8 Å². The van der Waals surface area contributed by atoms with Crippen molar-refractivity contribution in [3.8, 4) is 0 Å². The molecule has 0 aliphatic carbocycles. The van der Waals surface area contributed by atoms with Gasteiger partial charge in [0.05, 0.1) is 34.4 Å². The second-order valence-corrected chi connectivity index (χ2v) is 27.3. The van der Waals surface area contributed by atoms with Crippen molar-refractivity contribution in [2.24, 2.45) is 0 Å². The standard InChI is InChI=1S/C82H147NO8/c1-6-8-10-12-14-16-18-20-22-24-26-28-30-32-33-34-35-36-37-38-39-40-41-42-43-44-45-46-47-49-50-52-54-56-58-60-62-64-66-68-70-72-79(84)89-76-78(77-90-82(81(86)87)88-75-74-83(3,4)5)91-80(85)73-71-69-67-65-63-61-59-57-55-53-51-48-31-29-27-25-23-21-19-17-15-13-11-9-7-2/h9,11,15,17,21,23,27,29,48,51,55,57,61,63,78,82H,6-8,10,12-14,16,18-20,22,24-26,28,30-47,49-50,52-54,56,58-60,62,64-77H2,1-5H3/p+1/b11-9-,17-15-,23-21-,29-27-,51-48-,57-55-,63-61-. The quantitative estimate of drug-likeness (QED) is 0.0211. The summed E-state index contributed by atoms with van der Waals surface area (Å²) in [5, 5.41) is 9.75. The topological polar surface area (TPSA) is 108 Å². The fourth-order valence-corrected chi connectivity index (χ4v) is 11.3. The molecule has 0 heterocycles. The summed E-state index contributed by atoms with van der Waals surface area (Å²) in [4.78, 5) is 37.6. The molecule has 0 bridgehead atoms. The fourth-order valence-electron chi connectivity index (χ4n) is 11.3. The highest BCUT2D eigenvalue weighted by Crippen LogP contribution is 2.19. The molecule has 9 heteroatoms. The molecule has 2 atom stereocenters. The number of likely N-dealkylation sites (N-methyl/N-ethyl adjacent to an activating group) is 1. The first-order valence-electron chi connectivity index (χ1n) is 38.8. The molecule has 528 valence electrons. The number of aliphatic carboxylic acids is 1. The lowest BCUT2D eigenvalue weighted by Crippen LogP contribution is -2.40. The average molecular weight is 1280 g/mol. The number of ether oxygens (including phenoxy) is 4. The van der Waals surface area contributed by atoms with Gasteiger partial charge in [0.1, 0.15) is 13.2 Å². The maximum absolute atomic E-state index is 12.9. The molecule has 0 aliphatic rings. The largest absolute Gasteiger partial charge is 0.477 e. The fraction of sp³-hybridized carbons (Fsp3) is 0.793. The number of hydrogen-bond acceptors (Lipinski definition) is 7. The number of carbonyl (C=O) groups is 3. The highest BCUT2D eigenvalue weighted by Gasteiger charge is 2.25. The Hall–Kier alpha value is -3.53. The molecule has 0 amide bonds. The van der Waals surface area contributed by atoms with E-state index >= 15 is 0 Å². The number of nitrogens with zero attached hydrogens (tertiary/aromatic N) is 1. The van der Waals surface area contributed by atoms with Crippen LogP contribution in [0.5, 0.6) is 0 Å². The Balaban J connectivity index is 3.99. The van der Waals surface area contributed by atoms with E-state index in [2.05, 4.69) is 98.9 Å². The molecule has 9 nitrogen and oxygen atoms in total. The number of esters is 2. The normalized spacial score (nSPS) is 13.1. The van der Waals surface area contributed by atoms with Gasteiger partial charge >= 0.3 is 17.9 Å². The molecule has 0 saturated carbocycles. The minimum Gasteiger partial charge on any atom is -0.477 e. The van der Waals surface area contributed by atoms with E-state index in [1.807, 2.05) is 21.1 Å². The third-order valence-corrected chi connectivity index (χ3v) is 17.2. The van der Waals surface area contributed by atoms with Crippen molar-refractivity contribution >= 4 is 17.9 Å². The lowest BCUT2D eigenvalue weighted by molar-refractivity contribution is -0.870. The van der Waals surface area contributed by atoms with Crippen molar-refractivity contribution in [1.82, 2.24) is 0 Å². The molecule has 0 radical (unpaired) electrons. The summed E-state index contributed by atoms with van der Waals surface area (Å²) in [5.41, 5.74) is 0. The number of carboxylic acid groups (broad SMARTS) is 1. The minimum atomic E-state index is -1.52. The second-order valence-electron chi connectivity index (χ2n) is 27.3. The first-order chi connectivity index (χ1) is 44.6. The third kappa shape index (κ3) is 73.7. The first kappa shape index (κ1) is 87.5. The van der Waals surface area contributed by atoms with Crippen LogP contribution < -0.4 is 0 Å². The van der Waals surface area contributed by atoms with E-state index in [0.717, 1.165) is 83.5 Å². The van der Waals surface area contributed by atoms with Crippen molar-refractivity contribution in [2.45, 2.75) is 373 Å². The van der Waals surface area contributed by atoms with Crippen LogP contribution in [0.2, 0.25) is 0 Å². The van der Waals surface area contributed by atoms with Gasteiger partial charge in [-0.1, -0.05) is 362 Å². The molecule has 0 fully saturated rings. The van der Waals surface area contributed by atoms with Gasteiger partial charge in [0.15, 0.2) is 6.10 Å². The zero-order valence-corrected chi connectivity index (χ0v) is 60.5. The van der Waals surface area contributed by atoms with Crippen LogP contribution in [0.25, 0.3) is 0 Å². The van der Waals surface area contributed by atoms with Gasteiger partial charge in [0.2, 0.25) is 0 Å². The van der Waals surface area contributed by atoms with E-state index in [-0.39, 0.29) is 32.2 Å². The molecule has 0 aromatic heterocycles. The van der Waals surface area contributed by atoms with Crippen LogP contribution >= 0.6 is 0 Å². The van der Waals surface area contributed by atoms with Crippen molar-refractivity contribution in [1.29, 1.82) is 0 Å². The molecule has 0 aromatic rings. The van der Waals surface area contributed by atoms with Crippen LogP contribution in [-0.4, -0.2) is 87.4 Å². The number of carboxylic acids is 1. The van der Waals surface area contributed by atoms with Gasteiger partial charge in [-0.05, 0) is 70.6 Å². The molecule has 0 aromatic carbocycles. The molecule has 0 rings (SSSR count). The van der Waals surface area contributed by atoms with Crippen LogP contribution in [-0.2, 0) is 33.3 Å². The van der Waals surface area contributed by atoms with Gasteiger partial charge in [-0.3, -0.25) is 9.59 Å². The molecule has 0 spiro atoms. The minimum absolute atomic E-state index is 0.178. The van der Waals surface area contributed by atoms with E-state index in [1.165, 1.54) is 244 Å². The van der Waals surface area contributed by atoms with E-state index in [9.17, 15) is 19.5 Å². The van der Waals surface area contributed by atoms with Crippen LogP contribution in [0.4, 0.5) is 0 Å². The number of hydrogen-bond donors (Lipinski definition) is 1. The van der Waals surface area contributed by atoms with Gasteiger partial charge in [-0.2, -0.15) is 0 Å². The number of unbranched alkanes of at least 4 members (excludes halogenated alkanes) is 43. The summed E-state index contributed by atoms with van der Waals surface area (Å²) in [7, 11) is 5.97. The van der Waals surface area contributed by atoms with Gasteiger partial charge in [0.25, 0.3) is 6.29 Å². The smallest absolute Gasteiger partial charge is 0.361 e. The van der Waals surface area contributed by atoms with E-state index in [4.69, 9.17) is 18.9 Å². The third-order valence-electron chi connectivity index (χ3n) is 17.2. The Bertz CT molecular complexity index is 1770. The van der Waals surface area contributed by atoms with E-state index in [1.54, 1.807) is 0 Å². The van der Waals surface area contributed by atoms with Crippen LogP contribution in [0.15, 0.2) is 85.1 Å². The summed E-state index contributed by atoms with van der Waals surface area (Å²) in [6, 6.07) is 0. The predicted molar refractivity (Wildman–Crippen MR) is 392 cm³/mol. The molecule has 0 aliphatic heterocycles. The Morgan fingerprint density at radius 1 is 0.341 bits per heavy atom. The van der Waals surface area contributed by atoms with Crippen LogP contribution in [0, 0.1) is 0 Å². The van der Waals surface area contributed by atoms with Crippen LogP contribution in [0.3, 0.4) is 0 Å². The van der Waals surface area contributed by atoms with E-state index in [0.29, 0.717) is 23.9 Å². The van der Waals surface area contributed by atoms with Gasteiger partial charge < -0.3 is 28.5 Å². The van der Waals surface area contributed by atoms with Crippen molar-refractivity contribution < 1.29 is 42.9 Å². The first-order valence-corrected chi connectivity index (χ1v) is 38.8. The Morgan fingerprint density at radius 3 is 0.934 bits per heavy atom. The summed E-state index contributed by atoms with van der Waals surface area (Å²) < 4.78 is 23.0. The molecule has 91 heavy (non-hydrogen) atoms. The number of allylic oxidation sites excluding steroid dienone is 14. The zero-order valence-electron chi connectivity index (χ0n) is 60.5. The van der Waals surface area contributed by atoms with E-state index < -0.39 is 24.3 Å². The van der Waals surface area contributed by atoms with Crippen molar-refractivity contribution in [3.63, 3.8) is 0 Å². The number of rotatable bonds is 72. The Morgan fingerprint density at radius 2 is 0.626 bits per heavy atom.